The lowest BCUT2D eigenvalue weighted by atomic mass is 10.1. The fraction of sp³-hybridized carbons (Fsp3) is 0.391. The minimum atomic E-state index is -3.99. The van der Waals surface area contributed by atoms with Gasteiger partial charge in [-0.15, -0.1) is 0 Å². The van der Waals surface area contributed by atoms with E-state index < -0.39 is 39.3 Å². The number of amides is 2. The molecule has 0 bridgehead atoms. The lowest BCUT2D eigenvalue weighted by Gasteiger charge is -2.31. The molecule has 0 aliphatic carbocycles. The number of nitro groups is 1. The van der Waals surface area contributed by atoms with Crippen LogP contribution in [-0.2, 0) is 26.2 Å². The molecule has 1 unspecified atom stereocenters. The van der Waals surface area contributed by atoms with E-state index in [0.717, 1.165) is 16.6 Å². The van der Waals surface area contributed by atoms with Crippen molar-refractivity contribution in [3.05, 3.63) is 64.2 Å². The summed E-state index contributed by atoms with van der Waals surface area (Å²) in [7, 11) is -2.49. The van der Waals surface area contributed by atoms with Crippen LogP contribution in [0, 0.1) is 10.1 Å². The number of methoxy groups -OCH3 is 1. The number of hydrogen-bond donors (Lipinski definition) is 1. The van der Waals surface area contributed by atoms with Crippen LogP contribution in [0.4, 0.5) is 11.4 Å². The number of rotatable bonds is 11. The molecule has 0 saturated carbocycles. The summed E-state index contributed by atoms with van der Waals surface area (Å²) in [4.78, 5) is 38.0. The highest BCUT2D eigenvalue weighted by Crippen LogP contribution is 2.24. The van der Waals surface area contributed by atoms with Crippen LogP contribution in [0.25, 0.3) is 0 Å². The van der Waals surface area contributed by atoms with Crippen LogP contribution in [-0.4, -0.2) is 62.0 Å². The molecule has 2 amide bonds. The summed E-state index contributed by atoms with van der Waals surface area (Å²) in [5.74, 6) is -0.503. The Morgan fingerprint density at radius 3 is 2.34 bits per heavy atom. The summed E-state index contributed by atoms with van der Waals surface area (Å²) in [5.41, 5.74) is 0.320. The summed E-state index contributed by atoms with van der Waals surface area (Å²) in [5, 5.41) is 13.9. The Labute approximate surface area is 204 Å². The predicted octanol–water partition coefficient (Wildman–Crippen LogP) is 2.31. The number of nitrogens with zero attached hydrogens (tertiary/aromatic N) is 3. The van der Waals surface area contributed by atoms with Crippen molar-refractivity contribution < 1.29 is 27.7 Å². The van der Waals surface area contributed by atoms with E-state index in [9.17, 15) is 28.1 Å². The first-order valence-electron chi connectivity index (χ1n) is 10.8. The first-order chi connectivity index (χ1) is 16.3. The molecule has 0 radical (unpaired) electrons. The molecule has 190 valence electrons. The van der Waals surface area contributed by atoms with E-state index in [-0.39, 0.29) is 24.0 Å². The maximum Gasteiger partial charge on any atom is 0.271 e. The van der Waals surface area contributed by atoms with Crippen molar-refractivity contribution in [2.45, 2.75) is 39.4 Å². The van der Waals surface area contributed by atoms with E-state index in [4.69, 9.17) is 4.74 Å². The molecule has 12 heteroatoms. The molecule has 11 nitrogen and oxygen atoms in total. The third-order valence-electron chi connectivity index (χ3n) is 5.09. The molecular formula is C23H30N4O7S. The number of non-ortho nitro benzene ring substituents is 1. The number of ether oxygens (including phenoxy) is 1. The Morgan fingerprint density at radius 2 is 1.77 bits per heavy atom. The number of hydrogen-bond acceptors (Lipinski definition) is 7. The maximum atomic E-state index is 13.5. The molecule has 1 atom stereocenters. The Hall–Kier alpha value is -3.67. The van der Waals surface area contributed by atoms with Crippen molar-refractivity contribution in [1.29, 1.82) is 0 Å². The van der Waals surface area contributed by atoms with E-state index in [1.807, 2.05) is 0 Å². The van der Waals surface area contributed by atoms with Gasteiger partial charge in [0.25, 0.3) is 5.69 Å². The number of benzene rings is 2. The molecule has 0 saturated heterocycles. The van der Waals surface area contributed by atoms with Crippen LogP contribution in [0.5, 0.6) is 5.75 Å². The summed E-state index contributed by atoms with van der Waals surface area (Å²) < 4.78 is 31.1. The highest BCUT2D eigenvalue weighted by Gasteiger charge is 2.30. The Balaban J connectivity index is 2.44. The second-order valence-corrected chi connectivity index (χ2v) is 10.2. The van der Waals surface area contributed by atoms with E-state index in [1.54, 1.807) is 45.0 Å². The molecule has 0 heterocycles. The topological polar surface area (TPSA) is 139 Å². The van der Waals surface area contributed by atoms with Crippen molar-refractivity contribution in [3.8, 4) is 5.75 Å². The smallest absolute Gasteiger partial charge is 0.271 e. The number of sulfonamides is 1. The molecule has 2 rings (SSSR count). The van der Waals surface area contributed by atoms with Crippen molar-refractivity contribution in [3.63, 3.8) is 0 Å². The van der Waals surface area contributed by atoms with Gasteiger partial charge in [0.1, 0.15) is 18.3 Å². The Bertz CT molecular complexity index is 1180. The van der Waals surface area contributed by atoms with E-state index in [2.05, 4.69) is 5.32 Å². The van der Waals surface area contributed by atoms with Crippen LogP contribution >= 0.6 is 0 Å². The quantitative estimate of drug-likeness (QED) is 0.364. The number of nitro benzene ring substituents is 1. The average molecular weight is 507 g/mol. The van der Waals surface area contributed by atoms with Gasteiger partial charge >= 0.3 is 0 Å². The van der Waals surface area contributed by atoms with Gasteiger partial charge < -0.3 is 15.0 Å². The van der Waals surface area contributed by atoms with Gasteiger partial charge in [-0.25, -0.2) is 8.42 Å². The zero-order valence-corrected chi connectivity index (χ0v) is 21.1. The molecule has 1 N–H and O–H groups in total. The molecule has 2 aromatic rings. The minimum Gasteiger partial charge on any atom is -0.497 e. The summed E-state index contributed by atoms with van der Waals surface area (Å²) in [6.07, 6.45) is 0.903. The molecule has 35 heavy (non-hydrogen) atoms. The SMILES string of the molecule is COc1cccc(CN(C(=O)CN(c2cccc([N+](=O)[O-])c2)S(C)(=O)=O)C(C)C(=O)NC(C)C)c1. The van der Waals surface area contributed by atoms with Crippen LogP contribution < -0.4 is 14.4 Å². The van der Waals surface area contributed by atoms with Crippen LogP contribution in [0.15, 0.2) is 48.5 Å². The lowest BCUT2D eigenvalue weighted by molar-refractivity contribution is -0.384. The van der Waals surface area contributed by atoms with Gasteiger partial charge in [-0.1, -0.05) is 18.2 Å². The van der Waals surface area contributed by atoms with Crippen molar-refractivity contribution in [1.82, 2.24) is 10.2 Å². The van der Waals surface area contributed by atoms with Crippen LogP contribution in [0.3, 0.4) is 0 Å². The third kappa shape index (κ3) is 7.67. The largest absolute Gasteiger partial charge is 0.497 e. The summed E-state index contributed by atoms with van der Waals surface area (Å²) in [6.45, 7) is 4.48. The van der Waals surface area contributed by atoms with Crippen LogP contribution in [0.1, 0.15) is 26.3 Å². The van der Waals surface area contributed by atoms with Crippen molar-refractivity contribution in [2.24, 2.45) is 0 Å². The fourth-order valence-corrected chi connectivity index (χ4v) is 4.17. The van der Waals surface area contributed by atoms with Gasteiger partial charge in [0, 0.05) is 24.7 Å². The molecule has 0 aromatic heterocycles. The van der Waals surface area contributed by atoms with Gasteiger partial charge in [-0.2, -0.15) is 0 Å². The highest BCUT2D eigenvalue weighted by atomic mass is 32.2. The summed E-state index contributed by atoms with van der Waals surface area (Å²) >= 11 is 0. The van der Waals surface area contributed by atoms with E-state index in [1.165, 1.54) is 30.2 Å². The number of carbonyl (C=O) groups is 2. The molecule has 0 aliphatic heterocycles. The van der Waals surface area contributed by atoms with E-state index >= 15 is 0 Å². The van der Waals surface area contributed by atoms with E-state index in [0.29, 0.717) is 11.3 Å². The molecule has 0 fully saturated rings. The number of nitrogens with one attached hydrogen (secondary N) is 1. The van der Waals surface area contributed by atoms with Gasteiger partial charge in [-0.3, -0.25) is 24.0 Å². The average Bonchev–Trinajstić information content (AvgIpc) is 2.79. The molecule has 0 spiro atoms. The minimum absolute atomic E-state index is 0.00918. The molecule has 2 aromatic carbocycles. The van der Waals surface area contributed by atoms with Gasteiger partial charge in [-0.05, 0) is 44.5 Å². The van der Waals surface area contributed by atoms with Gasteiger partial charge in [0.2, 0.25) is 21.8 Å². The molecular weight excluding hydrogens is 476 g/mol. The monoisotopic (exact) mass is 506 g/mol. The van der Waals surface area contributed by atoms with Gasteiger partial charge in [0.15, 0.2) is 0 Å². The third-order valence-corrected chi connectivity index (χ3v) is 6.23. The number of anilines is 1. The Morgan fingerprint density at radius 1 is 1.11 bits per heavy atom. The lowest BCUT2D eigenvalue weighted by Crippen LogP contribution is -2.52. The van der Waals surface area contributed by atoms with Crippen molar-refractivity contribution >= 4 is 33.2 Å². The molecule has 0 aliphatic rings. The standard InChI is InChI=1S/C23H30N4O7S/c1-16(2)24-23(29)17(3)25(14-18-8-6-11-21(12-18)34-4)22(28)15-26(35(5,32)33)19-9-7-10-20(13-19)27(30)31/h6-13,16-17H,14-15H2,1-5H3,(H,24,29). The van der Waals surface area contributed by atoms with Gasteiger partial charge in [0.05, 0.1) is 24.0 Å². The zero-order chi connectivity index (χ0) is 26.3. The maximum absolute atomic E-state index is 13.5. The second-order valence-electron chi connectivity index (χ2n) is 8.26. The second kappa shape index (κ2) is 11.6. The van der Waals surface area contributed by atoms with Crippen molar-refractivity contribution in [2.75, 3.05) is 24.2 Å². The summed E-state index contributed by atoms with van der Waals surface area (Å²) in [6, 6.07) is 10.8. The number of carbonyl (C=O) groups excluding carboxylic acids is 2. The fourth-order valence-electron chi connectivity index (χ4n) is 3.33. The predicted molar refractivity (Wildman–Crippen MR) is 132 cm³/mol. The zero-order valence-electron chi connectivity index (χ0n) is 20.3. The van der Waals surface area contributed by atoms with Crippen LogP contribution in [0.2, 0.25) is 0 Å². The normalized spacial score (nSPS) is 12.1. The first kappa shape index (κ1) is 27.6. The first-order valence-corrected chi connectivity index (χ1v) is 12.6. The Kier molecular flexibility index (Phi) is 9.18. The highest BCUT2D eigenvalue weighted by molar-refractivity contribution is 7.92.